The zero-order valence-electron chi connectivity index (χ0n) is 17.2. The molecule has 3 heterocycles. The summed E-state index contributed by atoms with van der Waals surface area (Å²) in [6, 6.07) is 2.83. The molecule has 0 unspecified atom stereocenters. The minimum Gasteiger partial charge on any atom is -0.469 e. The minimum absolute atomic E-state index is 0.0450. The molecule has 32 heavy (non-hydrogen) atoms. The van der Waals surface area contributed by atoms with Gasteiger partial charge in [-0.2, -0.15) is 0 Å². The zero-order chi connectivity index (χ0) is 22.2. The molecular formula is C21H20F2N6O3. The summed E-state index contributed by atoms with van der Waals surface area (Å²) in [5, 5.41) is 11.3. The number of anilines is 2. The molecule has 9 nitrogen and oxygen atoms in total. The van der Waals surface area contributed by atoms with Crippen molar-refractivity contribution in [3.05, 3.63) is 47.3 Å². The maximum absolute atomic E-state index is 13.4. The van der Waals surface area contributed by atoms with Crippen molar-refractivity contribution in [3.63, 3.8) is 0 Å². The molecule has 0 atom stereocenters. The summed E-state index contributed by atoms with van der Waals surface area (Å²) >= 11 is 0. The Hall–Kier alpha value is -3.63. The van der Waals surface area contributed by atoms with Crippen molar-refractivity contribution in [2.24, 2.45) is 5.92 Å². The van der Waals surface area contributed by atoms with E-state index in [0.717, 1.165) is 11.1 Å². The number of benzene rings is 1. The number of carbonyl (C=O) groups is 1. The molecule has 2 aromatic heterocycles. The van der Waals surface area contributed by atoms with Crippen molar-refractivity contribution in [2.45, 2.75) is 25.3 Å². The van der Waals surface area contributed by atoms with E-state index in [9.17, 15) is 13.6 Å². The fourth-order valence-corrected chi connectivity index (χ4v) is 4.04. The summed E-state index contributed by atoms with van der Waals surface area (Å²) in [5.74, 6) is -0.987. The normalized spacial score (nSPS) is 16.0. The number of rotatable bonds is 6. The highest BCUT2D eigenvalue weighted by molar-refractivity contribution is 5.70. The number of esters is 1. The van der Waals surface area contributed by atoms with Crippen LogP contribution in [-0.2, 0) is 22.4 Å². The number of hydrogen-bond acceptors (Lipinski definition) is 9. The summed E-state index contributed by atoms with van der Waals surface area (Å²) in [4.78, 5) is 21.8. The van der Waals surface area contributed by atoms with E-state index >= 15 is 0 Å². The van der Waals surface area contributed by atoms with Crippen LogP contribution in [0.15, 0.2) is 28.9 Å². The number of fused-ring (bicyclic) bond motifs is 1. The van der Waals surface area contributed by atoms with E-state index in [1.165, 1.54) is 19.2 Å². The molecule has 0 radical (unpaired) electrons. The molecule has 0 saturated carbocycles. The Bertz CT molecular complexity index is 1120. The van der Waals surface area contributed by atoms with Crippen LogP contribution in [0.3, 0.4) is 0 Å². The third kappa shape index (κ3) is 3.97. The van der Waals surface area contributed by atoms with E-state index in [-0.39, 0.29) is 17.9 Å². The number of nitrogens with one attached hydrogen (secondary N) is 1. The van der Waals surface area contributed by atoms with E-state index in [0.29, 0.717) is 55.8 Å². The van der Waals surface area contributed by atoms with Gasteiger partial charge in [-0.25, -0.2) is 18.7 Å². The van der Waals surface area contributed by atoms with Crippen LogP contribution in [0.25, 0.3) is 11.5 Å². The molecule has 3 aromatic rings. The van der Waals surface area contributed by atoms with Crippen LogP contribution < -0.4 is 10.2 Å². The Morgan fingerprint density at radius 1 is 1.16 bits per heavy atom. The molecule has 0 amide bonds. The van der Waals surface area contributed by atoms with Gasteiger partial charge in [-0.15, -0.1) is 5.10 Å². The Kier molecular flexibility index (Phi) is 5.16. The number of nitrogens with zero attached hydrogens (tertiary/aromatic N) is 5. The van der Waals surface area contributed by atoms with Crippen molar-refractivity contribution in [3.8, 4) is 11.5 Å². The quantitative estimate of drug-likeness (QED) is 0.576. The summed E-state index contributed by atoms with van der Waals surface area (Å²) in [6.45, 7) is 1.29. The topological polar surface area (TPSA) is 106 Å². The lowest BCUT2D eigenvalue weighted by molar-refractivity contribution is -0.141. The van der Waals surface area contributed by atoms with Crippen LogP contribution in [0.1, 0.15) is 17.5 Å². The van der Waals surface area contributed by atoms with Gasteiger partial charge in [-0.05, 0) is 36.1 Å². The molecular weight excluding hydrogens is 422 g/mol. The first-order chi connectivity index (χ1) is 15.5. The summed E-state index contributed by atoms with van der Waals surface area (Å²) in [6.07, 6.45) is 4.65. The average molecular weight is 442 g/mol. The predicted octanol–water partition coefficient (Wildman–Crippen LogP) is 2.38. The third-order valence-electron chi connectivity index (χ3n) is 5.73. The van der Waals surface area contributed by atoms with Crippen LogP contribution in [0.2, 0.25) is 0 Å². The van der Waals surface area contributed by atoms with Gasteiger partial charge in [0.25, 0.3) is 5.89 Å². The van der Waals surface area contributed by atoms with Crippen molar-refractivity contribution < 1.29 is 22.7 Å². The minimum atomic E-state index is -0.832. The lowest BCUT2D eigenvalue weighted by atomic mass is 9.97. The van der Waals surface area contributed by atoms with Crippen molar-refractivity contribution >= 4 is 17.9 Å². The maximum Gasteiger partial charge on any atom is 0.318 e. The van der Waals surface area contributed by atoms with Crippen LogP contribution >= 0.6 is 0 Å². The second kappa shape index (κ2) is 8.13. The van der Waals surface area contributed by atoms with Crippen LogP contribution in [0.4, 0.5) is 20.7 Å². The first kappa shape index (κ1) is 20.3. The van der Waals surface area contributed by atoms with Gasteiger partial charge in [-0.3, -0.25) is 4.79 Å². The largest absolute Gasteiger partial charge is 0.469 e. The predicted molar refractivity (Wildman–Crippen MR) is 109 cm³/mol. The molecule has 1 aliphatic heterocycles. The second-order valence-electron chi connectivity index (χ2n) is 8.02. The smallest absolute Gasteiger partial charge is 0.318 e. The molecule has 5 rings (SSSR count). The lowest BCUT2D eigenvalue weighted by Crippen LogP contribution is -2.47. The Morgan fingerprint density at radius 2 is 1.81 bits per heavy atom. The summed E-state index contributed by atoms with van der Waals surface area (Å²) in [5.41, 5.74) is 2.15. The van der Waals surface area contributed by atoms with Crippen LogP contribution in [0, 0.1) is 17.6 Å². The number of aromatic nitrogens is 4. The first-order valence-electron chi connectivity index (χ1n) is 10.2. The highest BCUT2D eigenvalue weighted by atomic mass is 19.2. The summed E-state index contributed by atoms with van der Waals surface area (Å²) < 4.78 is 37.3. The number of methoxy groups -OCH3 is 1. The van der Waals surface area contributed by atoms with E-state index in [1.54, 1.807) is 12.4 Å². The number of halogens is 2. The van der Waals surface area contributed by atoms with Gasteiger partial charge in [0.2, 0.25) is 5.95 Å². The fourth-order valence-electron chi connectivity index (χ4n) is 4.04. The highest BCUT2D eigenvalue weighted by Crippen LogP contribution is 2.29. The molecule has 166 valence electrons. The molecule has 1 fully saturated rings. The molecule has 11 heteroatoms. The van der Waals surface area contributed by atoms with Gasteiger partial charge in [0.1, 0.15) is 0 Å². The Balaban J connectivity index is 1.18. The van der Waals surface area contributed by atoms with E-state index in [1.807, 2.05) is 4.90 Å². The number of ether oxygens (including phenoxy) is 1. The maximum atomic E-state index is 13.4. The fraction of sp³-hybridized carbons (Fsp3) is 0.381. The summed E-state index contributed by atoms with van der Waals surface area (Å²) in [7, 11) is 1.38. The zero-order valence-corrected chi connectivity index (χ0v) is 17.2. The van der Waals surface area contributed by atoms with Crippen molar-refractivity contribution in [2.75, 3.05) is 30.4 Å². The number of carbonyl (C=O) groups excluding carboxylic acids is 1. The first-order valence-corrected chi connectivity index (χ1v) is 10.2. The Labute approximate surface area is 181 Å². The van der Waals surface area contributed by atoms with Crippen molar-refractivity contribution in [1.82, 2.24) is 20.2 Å². The monoisotopic (exact) mass is 442 g/mol. The number of hydrogen-bond donors (Lipinski definition) is 1. The molecule has 1 saturated heterocycles. The van der Waals surface area contributed by atoms with Gasteiger partial charge in [0.15, 0.2) is 11.6 Å². The van der Waals surface area contributed by atoms with Crippen LogP contribution in [0.5, 0.6) is 0 Å². The van der Waals surface area contributed by atoms with Crippen molar-refractivity contribution in [1.29, 1.82) is 0 Å². The standard InChI is InChI=1S/C21H20F2N6O3/c1-31-18(30)2-11-9-29(10-11)21-28-27-19(32-21)14-7-24-20(25-8-14)26-15-3-12-5-16(22)17(23)6-13(12)4-15/h5-8,11,15H,2-4,9-10H2,1H3,(H,24,25,26). The molecule has 1 aliphatic carbocycles. The molecule has 2 aliphatic rings. The highest BCUT2D eigenvalue weighted by Gasteiger charge is 2.32. The van der Waals surface area contributed by atoms with Gasteiger partial charge >= 0.3 is 12.0 Å². The van der Waals surface area contributed by atoms with Crippen LogP contribution in [-0.4, -0.2) is 52.4 Å². The van der Waals surface area contributed by atoms with Gasteiger partial charge in [0, 0.05) is 37.4 Å². The molecule has 1 aromatic carbocycles. The van der Waals surface area contributed by atoms with Gasteiger partial charge in [-0.1, -0.05) is 5.10 Å². The van der Waals surface area contributed by atoms with E-state index in [2.05, 4.69) is 30.2 Å². The Morgan fingerprint density at radius 3 is 2.44 bits per heavy atom. The molecule has 0 bridgehead atoms. The van der Waals surface area contributed by atoms with E-state index in [4.69, 9.17) is 4.42 Å². The van der Waals surface area contributed by atoms with Gasteiger partial charge < -0.3 is 19.4 Å². The lowest BCUT2D eigenvalue weighted by Gasteiger charge is -2.37. The third-order valence-corrected chi connectivity index (χ3v) is 5.73. The van der Waals surface area contributed by atoms with E-state index < -0.39 is 11.6 Å². The molecule has 1 N–H and O–H groups in total. The second-order valence-corrected chi connectivity index (χ2v) is 8.02. The SMILES string of the molecule is COC(=O)CC1CN(c2nnc(-c3cnc(NC4Cc5cc(F)c(F)cc5C4)nc3)o2)C1. The van der Waals surface area contributed by atoms with Gasteiger partial charge in [0.05, 0.1) is 19.1 Å². The average Bonchev–Trinajstić information content (AvgIpc) is 3.38. The molecule has 0 spiro atoms.